The highest BCUT2D eigenvalue weighted by molar-refractivity contribution is 5.90. The van der Waals surface area contributed by atoms with Gasteiger partial charge in [0.05, 0.1) is 5.56 Å². The highest BCUT2D eigenvalue weighted by Crippen LogP contribution is 2.27. The molecule has 1 N–H and O–H groups in total. The summed E-state index contributed by atoms with van der Waals surface area (Å²) in [6.45, 7) is 0. The quantitative estimate of drug-likeness (QED) is 0.717. The molecule has 0 amide bonds. The zero-order valence-electron chi connectivity index (χ0n) is 7.01. The molecule has 0 atom stereocenters. The van der Waals surface area contributed by atoms with Crippen LogP contribution in [-0.4, -0.2) is 11.1 Å². The Bertz CT molecular complexity index is 371. The molecule has 0 radical (unpaired) electrons. The van der Waals surface area contributed by atoms with Crippen LogP contribution >= 0.6 is 0 Å². The Balaban J connectivity index is 2.62. The second-order valence-corrected chi connectivity index (χ2v) is 3.21. The lowest BCUT2D eigenvalue weighted by atomic mass is 10.0. The van der Waals surface area contributed by atoms with E-state index in [1.165, 1.54) is 12.1 Å². The molecule has 0 fully saturated rings. The summed E-state index contributed by atoms with van der Waals surface area (Å²) < 4.78 is 13.1. The number of carboxylic acids is 1. The Kier molecular flexibility index (Phi) is 1.79. The van der Waals surface area contributed by atoms with E-state index in [4.69, 9.17) is 5.11 Å². The second kappa shape index (κ2) is 2.83. The van der Waals surface area contributed by atoms with Gasteiger partial charge in [0.2, 0.25) is 0 Å². The third-order valence-electron chi connectivity index (χ3n) is 2.46. The molecule has 0 unspecified atom stereocenters. The second-order valence-electron chi connectivity index (χ2n) is 3.21. The van der Waals surface area contributed by atoms with E-state index in [0.29, 0.717) is 24.0 Å². The van der Waals surface area contributed by atoms with E-state index in [1.807, 2.05) is 0 Å². The maximum atomic E-state index is 13.1. The highest BCUT2D eigenvalue weighted by atomic mass is 19.1. The van der Waals surface area contributed by atoms with E-state index in [1.54, 1.807) is 0 Å². The molecular formula is C10H9FO2. The molecule has 3 heteroatoms. The number of fused-ring (bicyclic) bond motifs is 1. The molecular weight excluding hydrogens is 171 g/mol. The minimum atomic E-state index is -0.960. The van der Waals surface area contributed by atoms with Gasteiger partial charge >= 0.3 is 5.97 Å². The van der Waals surface area contributed by atoms with Gasteiger partial charge in [0.1, 0.15) is 5.82 Å². The third kappa shape index (κ3) is 1.20. The SMILES string of the molecule is O=C(O)c1ccc(F)c2c1CCC2. The van der Waals surface area contributed by atoms with Gasteiger partial charge < -0.3 is 5.11 Å². The molecule has 2 rings (SSSR count). The summed E-state index contributed by atoms with van der Waals surface area (Å²) >= 11 is 0. The van der Waals surface area contributed by atoms with Gasteiger partial charge in [0.25, 0.3) is 0 Å². The van der Waals surface area contributed by atoms with Crippen LogP contribution in [0.4, 0.5) is 4.39 Å². The normalized spacial score (nSPS) is 14.2. The largest absolute Gasteiger partial charge is 0.478 e. The van der Waals surface area contributed by atoms with Crippen LogP contribution in [0.2, 0.25) is 0 Å². The van der Waals surface area contributed by atoms with Gasteiger partial charge in [0.15, 0.2) is 0 Å². The minimum Gasteiger partial charge on any atom is -0.478 e. The summed E-state index contributed by atoms with van der Waals surface area (Å²) in [6, 6.07) is 2.59. The summed E-state index contributed by atoms with van der Waals surface area (Å²) in [5, 5.41) is 8.82. The Hall–Kier alpha value is -1.38. The molecule has 13 heavy (non-hydrogen) atoms. The van der Waals surface area contributed by atoms with Crippen LogP contribution in [0.1, 0.15) is 27.9 Å². The number of hydrogen-bond donors (Lipinski definition) is 1. The summed E-state index contributed by atoms with van der Waals surface area (Å²) in [5.41, 5.74) is 1.54. The monoisotopic (exact) mass is 180 g/mol. The average molecular weight is 180 g/mol. The van der Waals surface area contributed by atoms with Crippen molar-refractivity contribution in [3.63, 3.8) is 0 Å². The van der Waals surface area contributed by atoms with Crippen molar-refractivity contribution in [2.45, 2.75) is 19.3 Å². The molecule has 2 nitrogen and oxygen atoms in total. The summed E-state index contributed by atoms with van der Waals surface area (Å²) in [5.74, 6) is -1.23. The zero-order chi connectivity index (χ0) is 9.42. The average Bonchev–Trinajstić information content (AvgIpc) is 2.53. The van der Waals surface area contributed by atoms with E-state index in [9.17, 15) is 9.18 Å². The fourth-order valence-electron chi connectivity index (χ4n) is 1.86. The fraction of sp³-hybridized carbons (Fsp3) is 0.300. The van der Waals surface area contributed by atoms with Crippen LogP contribution in [0.25, 0.3) is 0 Å². The first-order chi connectivity index (χ1) is 6.20. The van der Waals surface area contributed by atoms with Gasteiger partial charge in [0, 0.05) is 0 Å². The molecule has 1 aromatic rings. The standard InChI is InChI=1S/C10H9FO2/c11-9-5-4-8(10(12)13)6-2-1-3-7(6)9/h4-5H,1-3H2,(H,12,13). The molecule has 1 aliphatic rings. The Morgan fingerprint density at radius 1 is 1.31 bits per heavy atom. The zero-order valence-corrected chi connectivity index (χ0v) is 7.01. The molecule has 1 aliphatic carbocycles. The predicted octanol–water partition coefficient (Wildman–Crippen LogP) is 2.01. The van der Waals surface area contributed by atoms with Crippen molar-refractivity contribution in [3.8, 4) is 0 Å². The Morgan fingerprint density at radius 3 is 2.69 bits per heavy atom. The van der Waals surface area contributed by atoms with E-state index in [2.05, 4.69) is 0 Å². The van der Waals surface area contributed by atoms with E-state index in [0.717, 1.165) is 6.42 Å². The van der Waals surface area contributed by atoms with Crippen LogP contribution in [0.15, 0.2) is 12.1 Å². The van der Waals surface area contributed by atoms with Crippen molar-refractivity contribution in [2.75, 3.05) is 0 Å². The number of rotatable bonds is 1. The summed E-state index contributed by atoms with van der Waals surface area (Å²) in [4.78, 5) is 10.7. The Morgan fingerprint density at radius 2 is 2.00 bits per heavy atom. The maximum Gasteiger partial charge on any atom is 0.335 e. The fourth-order valence-corrected chi connectivity index (χ4v) is 1.86. The van der Waals surface area contributed by atoms with Gasteiger partial charge in [-0.2, -0.15) is 0 Å². The lowest BCUT2D eigenvalue weighted by Gasteiger charge is -2.04. The number of carboxylic acid groups (broad SMARTS) is 1. The molecule has 0 aliphatic heterocycles. The Labute approximate surface area is 75.0 Å². The van der Waals surface area contributed by atoms with Crippen LogP contribution < -0.4 is 0 Å². The van der Waals surface area contributed by atoms with E-state index >= 15 is 0 Å². The number of hydrogen-bond acceptors (Lipinski definition) is 1. The van der Waals surface area contributed by atoms with Crippen molar-refractivity contribution in [2.24, 2.45) is 0 Å². The van der Waals surface area contributed by atoms with Crippen molar-refractivity contribution >= 4 is 5.97 Å². The summed E-state index contributed by atoms with van der Waals surface area (Å²) in [6.07, 6.45) is 2.22. The number of aromatic carboxylic acids is 1. The topological polar surface area (TPSA) is 37.3 Å². The molecule has 0 spiro atoms. The van der Waals surface area contributed by atoms with Gasteiger partial charge in [-0.3, -0.25) is 0 Å². The molecule has 0 saturated heterocycles. The third-order valence-corrected chi connectivity index (χ3v) is 2.46. The van der Waals surface area contributed by atoms with Gasteiger partial charge in [-0.1, -0.05) is 0 Å². The van der Waals surface area contributed by atoms with Crippen molar-refractivity contribution in [3.05, 3.63) is 34.6 Å². The summed E-state index contributed by atoms with van der Waals surface area (Å²) in [7, 11) is 0. The first-order valence-electron chi connectivity index (χ1n) is 4.23. The number of carbonyl (C=O) groups is 1. The molecule has 68 valence electrons. The molecule has 0 heterocycles. The maximum absolute atomic E-state index is 13.1. The van der Waals surface area contributed by atoms with Crippen LogP contribution in [0.5, 0.6) is 0 Å². The van der Waals surface area contributed by atoms with Crippen molar-refractivity contribution in [1.29, 1.82) is 0 Å². The van der Waals surface area contributed by atoms with Crippen LogP contribution in [0, 0.1) is 5.82 Å². The number of benzene rings is 1. The lowest BCUT2D eigenvalue weighted by Crippen LogP contribution is -2.03. The molecule has 0 aromatic heterocycles. The molecule has 0 saturated carbocycles. The van der Waals surface area contributed by atoms with Crippen LogP contribution in [-0.2, 0) is 12.8 Å². The first-order valence-corrected chi connectivity index (χ1v) is 4.23. The van der Waals surface area contributed by atoms with Gasteiger partial charge in [-0.05, 0) is 42.5 Å². The van der Waals surface area contributed by atoms with E-state index < -0.39 is 5.97 Å². The molecule has 1 aromatic carbocycles. The van der Waals surface area contributed by atoms with Gasteiger partial charge in [-0.25, -0.2) is 9.18 Å². The van der Waals surface area contributed by atoms with E-state index in [-0.39, 0.29) is 11.4 Å². The predicted molar refractivity (Wildman–Crippen MR) is 45.4 cm³/mol. The van der Waals surface area contributed by atoms with Crippen molar-refractivity contribution in [1.82, 2.24) is 0 Å². The van der Waals surface area contributed by atoms with Gasteiger partial charge in [-0.15, -0.1) is 0 Å². The highest BCUT2D eigenvalue weighted by Gasteiger charge is 2.21. The first kappa shape index (κ1) is 8.23. The minimum absolute atomic E-state index is 0.258. The van der Waals surface area contributed by atoms with Crippen LogP contribution in [0.3, 0.4) is 0 Å². The number of halogens is 1. The van der Waals surface area contributed by atoms with Crippen molar-refractivity contribution < 1.29 is 14.3 Å². The smallest absolute Gasteiger partial charge is 0.335 e. The molecule has 0 bridgehead atoms. The lowest BCUT2D eigenvalue weighted by molar-refractivity contribution is 0.0695.